The Hall–Kier alpha value is -2.12. The summed E-state index contributed by atoms with van der Waals surface area (Å²) in [5.74, 6) is -0.536. The van der Waals surface area contributed by atoms with Crippen molar-refractivity contribution in [2.24, 2.45) is 11.1 Å². The molecule has 324 valence electrons. The third kappa shape index (κ3) is 39.9. The zero-order valence-electron chi connectivity index (χ0n) is 36.9. The number of oxime groups is 1. The Balaban J connectivity index is 3.90. The predicted octanol–water partition coefficient (Wildman–Crippen LogP) is 13.9. The number of unbranched alkanes of at least 4 members (excludes halogenated alkanes) is 22. The van der Waals surface area contributed by atoms with Crippen LogP contribution in [0, 0.1) is 5.92 Å². The number of hydrogen-bond acceptors (Lipinski definition) is 8. The molecule has 0 heterocycles. The van der Waals surface area contributed by atoms with E-state index in [1.807, 2.05) is 13.8 Å². The first kappa shape index (κ1) is 52.9. The van der Waals surface area contributed by atoms with Crippen LogP contribution in [-0.4, -0.2) is 49.5 Å². The summed E-state index contributed by atoms with van der Waals surface area (Å²) in [6.45, 7) is 11.8. The van der Waals surface area contributed by atoms with Crippen LogP contribution in [0.4, 0.5) is 0 Å². The molecule has 0 radical (unpaired) electrons. The molecule has 0 saturated carbocycles. The van der Waals surface area contributed by atoms with Gasteiger partial charge in [-0.25, -0.2) is 0 Å². The molecular formula is C47H89NO7. The summed E-state index contributed by atoms with van der Waals surface area (Å²) in [6.07, 6.45) is 35.5. The summed E-state index contributed by atoms with van der Waals surface area (Å²) >= 11 is 0. The molecule has 55 heavy (non-hydrogen) atoms. The van der Waals surface area contributed by atoms with Gasteiger partial charge >= 0.3 is 17.9 Å². The average molecular weight is 780 g/mol. The van der Waals surface area contributed by atoms with Gasteiger partial charge in [-0.1, -0.05) is 155 Å². The van der Waals surface area contributed by atoms with Gasteiger partial charge < -0.3 is 19.0 Å². The highest BCUT2D eigenvalue weighted by Crippen LogP contribution is 2.18. The van der Waals surface area contributed by atoms with Gasteiger partial charge in [0.1, 0.15) is 12.7 Å². The van der Waals surface area contributed by atoms with E-state index in [1.54, 1.807) is 0 Å². The van der Waals surface area contributed by atoms with Gasteiger partial charge in [-0.05, 0) is 77.6 Å². The SMILES string of the molecule is CCCCCCCCCCO/N=C(\C)CCCCCC(=O)OCC(C)COC(=O)CCCCCCC(=O)OC(CCCCCCCC)CCCCCCCC. The molecule has 0 saturated heterocycles. The number of esters is 3. The van der Waals surface area contributed by atoms with Crippen LogP contribution in [-0.2, 0) is 33.4 Å². The Kier molecular flexibility index (Phi) is 39.9. The van der Waals surface area contributed by atoms with E-state index in [9.17, 15) is 14.4 Å². The summed E-state index contributed by atoms with van der Waals surface area (Å²) in [4.78, 5) is 42.5. The summed E-state index contributed by atoms with van der Waals surface area (Å²) < 4.78 is 16.8. The Morgan fingerprint density at radius 1 is 0.455 bits per heavy atom. The summed E-state index contributed by atoms with van der Waals surface area (Å²) in [6, 6.07) is 0. The van der Waals surface area contributed by atoms with Crippen LogP contribution in [0.15, 0.2) is 5.16 Å². The number of nitrogens with zero attached hydrogens (tertiary/aromatic N) is 1. The third-order valence-electron chi connectivity index (χ3n) is 10.4. The van der Waals surface area contributed by atoms with E-state index in [0.29, 0.717) is 25.9 Å². The van der Waals surface area contributed by atoms with Crippen LogP contribution in [0.2, 0.25) is 0 Å². The van der Waals surface area contributed by atoms with E-state index in [4.69, 9.17) is 19.0 Å². The molecule has 0 rings (SSSR count). The lowest BCUT2D eigenvalue weighted by Gasteiger charge is -2.18. The molecule has 0 aliphatic carbocycles. The highest BCUT2D eigenvalue weighted by molar-refractivity contribution is 5.81. The molecule has 0 spiro atoms. The van der Waals surface area contributed by atoms with E-state index in [-0.39, 0.29) is 43.1 Å². The maximum absolute atomic E-state index is 12.6. The molecule has 0 bridgehead atoms. The molecule has 0 N–H and O–H groups in total. The first-order valence-electron chi connectivity index (χ1n) is 23.5. The zero-order chi connectivity index (χ0) is 40.5. The van der Waals surface area contributed by atoms with Gasteiger partial charge in [-0.3, -0.25) is 14.4 Å². The summed E-state index contributed by atoms with van der Waals surface area (Å²) in [5, 5.41) is 4.24. The quantitative estimate of drug-likeness (QED) is 0.0200. The van der Waals surface area contributed by atoms with Gasteiger partial charge in [-0.15, -0.1) is 0 Å². The largest absolute Gasteiger partial charge is 0.465 e. The fourth-order valence-electron chi connectivity index (χ4n) is 6.70. The van der Waals surface area contributed by atoms with E-state index in [1.165, 1.54) is 109 Å². The van der Waals surface area contributed by atoms with E-state index in [2.05, 4.69) is 25.9 Å². The number of rotatable bonds is 42. The van der Waals surface area contributed by atoms with Crippen molar-refractivity contribution < 1.29 is 33.4 Å². The maximum Gasteiger partial charge on any atom is 0.306 e. The van der Waals surface area contributed by atoms with Crippen LogP contribution in [0.25, 0.3) is 0 Å². The molecule has 0 amide bonds. The molecule has 8 heteroatoms. The van der Waals surface area contributed by atoms with Crippen molar-refractivity contribution in [3.05, 3.63) is 0 Å². The van der Waals surface area contributed by atoms with Crippen molar-refractivity contribution in [3.63, 3.8) is 0 Å². The van der Waals surface area contributed by atoms with Crippen molar-refractivity contribution in [2.45, 2.75) is 253 Å². The minimum Gasteiger partial charge on any atom is -0.465 e. The van der Waals surface area contributed by atoms with Crippen LogP contribution < -0.4 is 0 Å². The Labute approximate surface area is 339 Å². The second-order valence-corrected chi connectivity index (χ2v) is 16.3. The highest BCUT2D eigenvalue weighted by atomic mass is 16.6. The molecular weight excluding hydrogens is 691 g/mol. The molecule has 1 atom stereocenters. The second-order valence-electron chi connectivity index (χ2n) is 16.3. The van der Waals surface area contributed by atoms with E-state index < -0.39 is 0 Å². The summed E-state index contributed by atoms with van der Waals surface area (Å²) in [7, 11) is 0. The van der Waals surface area contributed by atoms with Crippen molar-refractivity contribution in [1.29, 1.82) is 0 Å². The minimum absolute atomic E-state index is 0.0467. The lowest BCUT2D eigenvalue weighted by Crippen LogP contribution is -2.18. The molecule has 8 nitrogen and oxygen atoms in total. The molecule has 0 aromatic heterocycles. The molecule has 0 aromatic carbocycles. The predicted molar refractivity (Wildman–Crippen MR) is 229 cm³/mol. The number of hydrogen-bond donors (Lipinski definition) is 0. The molecule has 1 unspecified atom stereocenters. The Morgan fingerprint density at radius 3 is 1.29 bits per heavy atom. The van der Waals surface area contributed by atoms with E-state index in [0.717, 1.165) is 89.2 Å². The zero-order valence-corrected chi connectivity index (χ0v) is 36.9. The monoisotopic (exact) mass is 780 g/mol. The number of ether oxygens (including phenoxy) is 3. The van der Waals surface area contributed by atoms with Gasteiger partial charge in [0.2, 0.25) is 0 Å². The van der Waals surface area contributed by atoms with Crippen molar-refractivity contribution in [1.82, 2.24) is 0 Å². The lowest BCUT2D eigenvalue weighted by molar-refractivity contribution is -0.151. The van der Waals surface area contributed by atoms with Gasteiger partial charge in [-0.2, -0.15) is 0 Å². The molecule has 0 aliphatic heterocycles. The normalized spacial score (nSPS) is 12.2. The fraction of sp³-hybridized carbons (Fsp3) is 0.915. The van der Waals surface area contributed by atoms with E-state index >= 15 is 0 Å². The topological polar surface area (TPSA) is 100 Å². The highest BCUT2D eigenvalue weighted by Gasteiger charge is 2.15. The van der Waals surface area contributed by atoms with Gasteiger partial charge in [0.25, 0.3) is 0 Å². The Bertz CT molecular complexity index is 892. The fourth-order valence-corrected chi connectivity index (χ4v) is 6.70. The number of carbonyl (C=O) groups is 3. The van der Waals surface area contributed by atoms with Crippen molar-refractivity contribution in [3.8, 4) is 0 Å². The van der Waals surface area contributed by atoms with Gasteiger partial charge in [0.05, 0.1) is 18.9 Å². The maximum atomic E-state index is 12.6. The molecule has 0 aromatic rings. The second kappa shape index (κ2) is 41.5. The smallest absolute Gasteiger partial charge is 0.306 e. The first-order chi connectivity index (χ1) is 26.8. The minimum atomic E-state index is -0.220. The Morgan fingerprint density at radius 2 is 0.818 bits per heavy atom. The van der Waals surface area contributed by atoms with Crippen molar-refractivity contribution in [2.75, 3.05) is 19.8 Å². The lowest BCUT2D eigenvalue weighted by atomic mass is 10.0. The standard InChI is InChI=1S/C47H89NO7/c1-6-9-12-15-18-19-24-32-39-54-48-43(5)33-26-25-31-37-46(50)53-41-42(4)40-52-45(49)36-29-22-23-30-38-47(51)55-44(34-27-20-16-13-10-7-2)35-28-21-17-14-11-8-3/h42,44H,6-41H2,1-5H3/b48-43+. The van der Waals surface area contributed by atoms with Crippen LogP contribution in [0.1, 0.15) is 247 Å². The van der Waals surface area contributed by atoms with Crippen LogP contribution in [0.5, 0.6) is 0 Å². The number of carbonyl (C=O) groups excluding carboxylic acids is 3. The molecule has 0 aliphatic rings. The summed E-state index contributed by atoms with van der Waals surface area (Å²) in [5.41, 5.74) is 1.00. The third-order valence-corrected chi connectivity index (χ3v) is 10.4. The van der Waals surface area contributed by atoms with Crippen LogP contribution >= 0.6 is 0 Å². The van der Waals surface area contributed by atoms with Crippen molar-refractivity contribution >= 4 is 23.6 Å². The first-order valence-corrected chi connectivity index (χ1v) is 23.5. The molecule has 0 fully saturated rings. The van der Waals surface area contributed by atoms with Gasteiger partial charge in [0, 0.05) is 25.2 Å². The van der Waals surface area contributed by atoms with Gasteiger partial charge in [0.15, 0.2) is 0 Å². The van der Waals surface area contributed by atoms with Crippen LogP contribution in [0.3, 0.4) is 0 Å². The average Bonchev–Trinajstić information content (AvgIpc) is 3.17.